The highest BCUT2D eigenvalue weighted by molar-refractivity contribution is 5.45. The Hall–Kier alpha value is -1.70. The SMILES string of the molecule is Cc1ccc(NC(C)Cc2ccco2)cc1. The van der Waals surface area contributed by atoms with E-state index >= 15 is 0 Å². The Morgan fingerprint density at radius 2 is 1.94 bits per heavy atom. The first-order valence-corrected chi connectivity index (χ1v) is 5.59. The second-order valence-corrected chi connectivity index (χ2v) is 4.19. The lowest BCUT2D eigenvalue weighted by atomic mass is 10.1. The van der Waals surface area contributed by atoms with Crippen LogP contribution in [0.1, 0.15) is 18.2 Å². The summed E-state index contributed by atoms with van der Waals surface area (Å²) >= 11 is 0. The summed E-state index contributed by atoms with van der Waals surface area (Å²) in [6.45, 7) is 4.25. The average Bonchev–Trinajstić information content (AvgIpc) is 2.74. The van der Waals surface area contributed by atoms with Crippen molar-refractivity contribution in [3.63, 3.8) is 0 Å². The van der Waals surface area contributed by atoms with E-state index < -0.39 is 0 Å². The van der Waals surface area contributed by atoms with Gasteiger partial charge >= 0.3 is 0 Å². The minimum Gasteiger partial charge on any atom is -0.469 e. The molecule has 0 bridgehead atoms. The van der Waals surface area contributed by atoms with Crippen LogP contribution in [0.15, 0.2) is 47.1 Å². The van der Waals surface area contributed by atoms with Gasteiger partial charge in [-0.25, -0.2) is 0 Å². The molecule has 2 rings (SSSR count). The molecular weight excluding hydrogens is 198 g/mol. The van der Waals surface area contributed by atoms with Gasteiger partial charge in [-0.05, 0) is 38.1 Å². The molecule has 2 heteroatoms. The molecular formula is C14H17NO. The third-order valence-corrected chi connectivity index (χ3v) is 2.55. The van der Waals surface area contributed by atoms with Gasteiger partial charge in [0.15, 0.2) is 0 Å². The number of benzene rings is 1. The van der Waals surface area contributed by atoms with Crippen LogP contribution in [0.5, 0.6) is 0 Å². The van der Waals surface area contributed by atoms with Crippen LogP contribution < -0.4 is 5.32 Å². The fraction of sp³-hybridized carbons (Fsp3) is 0.286. The Balaban J connectivity index is 1.92. The molecule has 0 aliphatic heterocycles. The number of aryl methyl sites for hydroxylation is 1. The predicted octanol–water partition coefficient (Wildman–Crippen LogP) is 3.63. The van der Waals surface area contributed by atoms with E-state index in [1.54, 1.807) is 6.26 Å². The minimum atomic E-state index is 0.369. The molecule has 0 fully saturated rings. The highest BCUT2D eigenvalue weighted by Crippen LogP contribution is 2.12. The van der Waals surface area contributed by atoms with Crippen LogP contribution in [-0.4, -0.2) is 6.04 Å². The van der Waals surface area contributed by atoms with E-state index in [9.17, 15) is 0 Å². The molecule has 1 atom stereocenters. The molecule has 1 heterocycles. The molecule has 1 N–H and O–H groups in total. The number of hydrogen-bond acceptors (Lipinski definition) is 2. The van der Waals surface area contributed by atoms with E-state index in [-0.39, 0.29) is 0 Å². The topological polar surface area (TPSA) is 25.2 Å². The minimum absolute atomic E-state index is 0.369. The predicted molar refractivity (Wildman–Crippen MR) is 66.7 cm³/mol. The van der Waals surface area contributed by atoms with Crippen molar-refractivity contribution in [3.8, 4) is 0 Å². The zero-order chi connectivity index (χ0) is 11.4. The van der Waals surface area contributed by atoms with Gasteiger partial charge in [0.05, 0.1) is 6.26 Å². The number of furan rings is 1. The van der Waals surface area contributed by atoms with Gasteiger partial charge in [-0.3, -0.25) is 0 Å². The van der Waals surface area contributed by atoms with Crippen molar-refractivity contribution >= 4 is 5.69 Å². The summed E-state index contributed by atoms with van der Waals surface area (Å²) in [7, 11) is 0. The zero-order valence-electron chi connectivity index (χ0n) is 9.73. The first-order chi connectivity index (χ1) is 7.74. The van der Waals surface area contributed by atoms with Gasteiger partial charge in [-0.1, -0.05) is 17.7 Å². The van der Waals surface area contributed by atoms with Gasteiger partial charge in [0.1, 0.15) is 5.76 Å². The maximum Gasteiger partial charge on any atom is 0.105 e. The van der Waals surface area contributed by atoms with E-state index in [1.807, 2.05) is 12.1 Å². The van der Waals surface area contributed by atoms with Crippen molar-refractivity contribution in [2.24, 2.45) is 0 Å². The van der Waals surface area contributed by atoms with Crippen LogP contribution in [0.2, 0.25) is 0 Å². The summed E-state index contributed by atoms with van der Waals surface area (Å²) in [5, 5.41) is 3.45. The molecule has 2 nitrogen and oxygen atoms in total. The fourth-order valence-electron chi connectivity index (χ4n) is 1.72. The average molecular weight is 215 g/mol. The molecule has 2 aromatic rings. The maximum absolute atomic E-state index is 5.32. The normalized spacial score (nSPS) is 12.4. The van der Waals surface area contributed by atoms with Gasteiger partial charge in [0, 0.05) is 18.2 Å². The van der Waals surface area contributed by atoms with E-state index in [1.165, 1.54) is 5.56 Å². The van der Waals surface area contributed by atoms with Crippen molar-refractivity contribution in [1.82, 2.24) is 0 Å². The summed E-state index contributed by atoms with van der Waals surface area (Å²) in [5.41, 5.74) is 2.44. The van der Waals surface area contributed by atoms with Crippen molar-refractivity contribution in [3.05, 3.63) is 54.0 Å². The number of hydrogen-bond donors (Lipinski definition) is 1. The molecule has 0 aliphatic carbocycles. The molecule has 0 radical (unpaired) electrons. The molecule has 84 valence electrons. The van der Waals surface area contributed by atoms with E-state index in [0.29, 0.717) is 6.04 Å². The molecule has 0 aliphatic rings. The number of nitrogens with one attached hydrogen (secondary N) is 1. The Morgan fingerprint density at radius 3 is 2.56 bits per heavy atom. The summed E-state index contributed by atoms with van der Waals surface area (Å²) in [5.74, 6) is 1.02. The summed E-state index contributed by atoms with van der Waals surface area (Å²) in [6.07, 6.45) is 2.62. The Labute approximate surface area is 96.3 Å². The van der Waals surface area contributed by atoms with Crippen LogP contribution >= 0.6 is 0 Å². The highest BCUT2D eigenvalue weighted by Gasteiger charge is 2.05. The van der Waals surface area contributed by atoms with Gasteiger partial charge < -0.3 is 9.73 Å². The van der Waals surface area contributed by atoms with Crippen LogP contribution in [0.3, 0.4) is 0 Å². The zero-order valence-corrected chi connectivity index (χ0v) is 9.73. The Bertz CT molecular complexity index is 417. The monoisotopic (exact) mass is 215 g/mol. The number of rotatable bonds is 4. The summed E-state index contributed by atoms with van der Waals surface area (Å²) in [4.78, 5) is 0. The van der Waals surface area contributed by atoms with Crippen LogP contribution in [-0.2, 0) is 6.42 Å². The third-order valence-electron chi connectivity index (χ3n) is 2.55. The van der Waals surface area contributed by atoms with Crippen molar-refractivity contribution < 1.29 is 4.42 Å². The lowest BCUT2D eigenvalue weighted by molar-refractivity contribution is 0.498. The van der Waals surface area contributed by atoms with Crippen molar-refractivity contribution in [2.45, 2.75) is 26.3 Å². The maximum atomic E-state index is 5.32. The Kier molecular flexibility index (Phi) is 3.30. The van der Waals surface area contributed by atoms with Gasteiger partial charge in [0.25, 0.3) is 0 Å². The standard InChI is InChI=1S/C14H17NO/c1-11-5-7-13(8-6-11)15-12(2)10-14-4-3-9-16-14/h3-9,12,15H,10H2,1-2H3. The van der Waals surface area contributed by atoms with Crippen molar-refractivity contribution in [1.29, 1.82) is 0 Å². The fourth-order valence-corrected chi connectivity index (χ4v) is 1.72. The first kappa shape index (κ1) is 10.8. The highest BCUT2D eigenvalue weighted by atomic mass is 16.3. The first-order valence-electron chi connectivity index (χ1n) is 5.59. The number of anilines is 1. The van der Waals surface area contributed by atoms with Gasteiger partial charge in [-0.2, -0.15) is 0 Å². The van der Waals surface area contributed by atoms with E-state index in [2.05, 4.69) is 43.4 Å². The smallest absolute Gasteiger partial charge is 0.105 e. The molecule has 0 amide bonds. The molecule has 1 aromatic carbocycles. The summed E-state index contributed by atoms with van der Waals surface area (Å²) < 4.78 is 5.32. The van der Waals surface area contributed by atoms with E-state index in [4.69, 9.17) is 4.42 Å². The van der Waals surface area contributed by atoms with Crippen molar-refractivity contribution in [2.75, 3.05) is 5.32 Å². The molecule has 0 saturated carbocycles. The quantitative estimate of drug-likeness (QED) is 0.842. The second kappa shape index (κ2) is 4.88. The second-order valence-electron chi connectivity index (χ2n) is 4.19. The lowest BCUT2D eigenvalue weighted by Crippen LogP contribution is -2.17. The van der Waals surface area contributed by atoms with Crippen LogP contribution in [0, 0.1) is 6.92 Å². The Morgan fingerprint density at radius 1 is 1.19 bits per heavy atom. The van der Waals surface area contributed by atoms with Gasteiger partial charge in [0.2, 0.25) is 0 Å². The molecule has 0 spiro atoms. The van der Waals surface area contributed by atoms with Crippen LogP contribution in [0.4, 0.5) is 5.69 Å². The molecule has 1 aromatic heterocycles. The third kappa shape index (κ3) is 2.89. The lowest BCUT2D eigenvalue weighted by Gasteiger charge is -2.14. The van der Waals surface area contributed by atoms with E-state index in [0.717, 1.165) is 17.9 Å². The molecule has 0 saturated heterocycles. The summed E-state index contributed by atoms with van der Waals surface area (Å²) in [6, 6.07) is 12.7. The molecule has 16 heavy (non-hydrogen) atoms. The van der Waals surface area contributed by atoms with Gasteiger partial charge in [-0.15, -0.1) is 0 Å². The largest absolute Gasteiger partial charge is 0.469 e. The molecule has 1 unspecified atom stereocenters. The van der Waals surface area contributed by atoms with Crippen LogP contribution in [0.25, 0.3) is 0 Å².